The summed E-state index contributed by atoms with van der Waals surface area (Å²) in [7, 11) is 4.19. The molecule has 0 saturated carbocycles. The number of para-hydroxylation sites is 1. The molecule has 0 atom stereocenters. The second kappa shape index (κ2) is 4.13. The van der Waals surface area contributed by atoms with Crippen LogP contribution in [0.25, 0.3) is 33.1 Å². The van der Waals surface area contributed by atoms with Gasteiger partial charge in [0, 0.05) is 25.4 Å². The van der Waals surface area contributed by atoms with Crippen LogP contribution in [0.15, 0.2) is 48.7 Å². The van der Waals surface area contributed by atoms with Crippen molar-refractivity contribution in [3.63, 3.8) is 0 Å². The lowest BCUT2D eigenvalue weighted by Gasteiger charge is -2.18. The Kier molecular flexibility index (Phi) is 2.28. The maximum absolute atomic E-state index is 6.27. The molecule has 0 aliphatic carbocycles. The van der Waals surface area contributed by atoms with Gasteiger partial charge in [-0.2, -0.15) is 4.57 Å². The molecule has 3 heteroatoms. The van der Waals surface area contributed by atoms with Crippen LogP contribution in [0.2, 0.25) is 0 Å². The number of hydrogen-bond donors (Lipinski definition) is 0. The lowest BCUT2D eigenvalue weighted by atomic mass is 9.96. The lowest BCUT2D eigenvalue weighted by Crippen LogP contribution is -2.33. The Morgan fingerprint density at radius 1 is 1.04 bits per heavy atom. The first-order chi connectivity index (χ1) is 11.1. The fourth-order valence-corrected chi connectivity index (χ4v) is 3.83. The van der Waals surface area contributed by atoms with E-state index < -0.39 is 0 Å². The summed E-state index contributed by atoms with van der Waals surface area (Å²) in [5.74, 6) is 1.88. The zero-order valence-corrected chi connectivity index (χ0v) is 13.4. The first kappa shape index (κ1) is 12.7. The highest BCUT2D eigenvalue weighted by Gasteiger charge is 2.31. The van der Waals surface area contributed by atoms with E-state index in [0.717, 1.165) is 17.2 Å². The first-order valence-electron chi connectivity index (χ1n) is 7.84. The quantitative estimate of drug-likeness (QED) is 0.391. The van der Waals surface area contributed by atoms with E-state index in [1.165, 1.54) is 32.9 Å². The molecule has 0 radical (unpaired) electrons. The third-order valence-electron chi connectivity index (χ3n) is 4.94. The van der Waals surface area contributed by atoms with Crippen molar-refractivity contribution in [1.82, 2.24) is 4.57 Å². The van der Waals surface area contributed by atoms with Crippen LogP contribution in [0.1, 0.15) is 5.56 Å². The molecule has 0 amide bonds. The highest BCUT2D eigenvalue weighted by atomic mass is 16.5. The van der Waals surface area contributed by atoms with Gasteiger partial charge in [-0.25, -0.2) is 0 Å². The largest absolute Gasteiger partial charge is 0.448 e. The second-order valence-corrected chi connectivity index (χ2v) is 6.33. The van der Waals surface area contributed by atoms with Gasteiger partial charge in [-0.1, -0.05) is 18.2 Å². The summed E-state index contributed by atoms with van der Waals surface area (Å²) in [5, 5.41) is 2.41. The molecule has 23 heavy (non-hydrogen) atoms. The zero-order chi connectivity index (χ0) is 15.7. The molecule has 1 aliphatic rings. The average Bonchev–Trinajstić information content (AvgIpc) is 2.86. The van der Waals surface area contributed by atoms with Crippen molar-refractivity contribution in [2.24, 2.45) is 14.1 Å². The summed E-state index contributed by atoms with van der Waals surface area (Å²) in [6.07, 6.45) is 2.08. The van der Waals surface area contributed by atoms with E-state index in [1.807, 2.05) is 0 Å². The number of aryl methyl sites for hydroxylation is 3. The molecule has 3 heterocycles. The second-order valence-electron chi connectivity index (χ2n) is 6.33. The Balaban J connectivity index is 2.02. The smallest absolute Gasteiger partial charge is 0.256 e. The van der Waals surface area contributed by atoms with E-state index in [-0.39, 0.29) is 0 Å². The van der Waals surface area contributed by atoms with Gasteiger partial charge in [0.05, 0.1) is 21.9 Å². The van der Waals surface area contributed by atoms with Gasteiger partial charge in [0.2, 0.25) is 5.52 Å². The van der Waals surface area contributed by atoms with Crippen molar-refractivity contribution in [1.29, 1.82) is 0 Å². The standard InChI is InChI=1S/C20H17N2O/c1-12-8-9-15-19-17(11-21(15)2)23-16-10-13-6-4-5-7-14(13)22(3)20(16)18(12)19/h4-11H,1-3H3/q+1. The van der Waals surface area contributed by atoms with Crippen molar-refractivity contribution in [3.8, 4) is 22.8 Å². The number of fused-ring (bicyclic) bond motifs is 3. The van der Waals surface area contributed by atoms with E-state index in [1.54, 1.807) is 0 Å². The molecule has 0 N–H and O–H groups in total. The predicted octanol–water partition coefficient (Wildman–Crippen LogP) is 4.24. The van der Waals surface area contributed by atoms with Crippen LogP contribution >= 0.6 is 0 Å². The molecule has 0 spiro atoms. The SMILES string of the molecule is Cc1ccc2c3c(cn2C)Oc2cc4ccccc4[n+](C)c2-c13. The van der Waals surface area contributed by atoms with Crippen molar-refractivity contribution in [2.75, 3.05) is 0 Å². The number of rotatable bonds is 0. The Bertz CT molecular complexity index is 1120. The van der Waals surface area contributed by atoms with Gasteiger partial charge in [0.1, 0.15) is 7.05 Å². The van der Waals surface area contributed by atoms with Gasteiger partial charge < -0.3 is 9.30 Å². The Hall–Kier alpha value is -2.81. The van der Waals surface area contributed by atoms with E-state index in [2.05, 4.69) is 78.8 Å². The van der Waals surface area contributed by atoms with E-state index in [4.69, 9.17) is 4.74 Å². The number of hydrogen-bond acceptors (Lipinski definition) is 1. The monoisotopic (exact) mass is 301 g/mol. The summed E-state index contributed by atoms with van der Waals surface area (Å²) < 4.78 is 10.7. The van der Waals surface area contributed by atoms with Crippen LogP contribution in [0.4, 0.5) is 0 Å². The molecule has 3 nitrogen and oxygen atoms in total. The van der Waals surface area contributed by atoms with Crippen LogP contribution < -0.4 is 9.30 Å². The number of pyridine rings is 1. The fraction of sp³-hybridized carbons (Fsp3) is 0.150. The Labute approximate surface area is 134 Å². The normalized spacial score (nSPS) is 12.5. The summed E-state index contributed by atoms with van der Waals surface area (Å²) in [5.41, 5.74) is 6.14. The van der Waals surface area contributed by atoms with Gasteiger partial charge in [-0.05, 0) is 24.6 Å². The summed E-state index contributed by atoms with van der Waals surface area (Å²) in [6, 6.07) is 15.0. The third-order valence-corrected chi connectivity index (χ3v) is 4.94. The summed E-state index contributed by atoms with van der Waals surface area (Å²) >= 11 is 0. The Morgan fingerprint density at radius 2 is 1.87 bits per heavy atom. The molecular weight excluding hydrogens is 284 g/mol. The van der Waals surface area contributed by atoms with Gasteiger partial charge in [-0.3, -0.25) is 0 Å². The molecule has 2 aromatic carbocycles. The minimum atomic E-state index is 0.931. The summed E-state index contributed by atoms with van der Waals surface area (Å²) in [6.45, 7) is 2.18. The number of benzene rings is 2. The average molecular weight is 301 g/mol. The highest BCUT2D eigenvalue weighted by Crippen LogP contribution is 2.47. The van der Waals surface area contributed by atoms with Crippen LogP contribution in [0.3, 0.4) is 0 Å². The van der Waals surface area contributed by atoms with Crippen molar-refractivity contribution >= 4 is 21.8 Å². The molecule has 0 fully saturated rings. The molecule has 5 rings (SSSR count). The molecule has 0 unspecified atom stereocenters. The lowest BCUT2D eigenvalue weighted by molar-refractivity contribution is -0.633. The van der Waals surface area contributed by atoms with Crippen molar-refractivity contribution < 1.29 is 9.30 Å². The van der Waals surface area contributed by atoms with Gasteiger partial charge in [0.25, 0.3) is 5.69 Å². The third kappa shape index (κ3) is 1.51. The molecule has 112 valence electrons. The van der Waals surface area contributed by atoms with Crippen molar-refractivity contribution in [2.45, 2.75) is 6.92 Å². The Morgan fingerprint density at radius 3 is 2.74 bits per heavy atom. The molecule has 0 saturated heterocycles. The molecule has 4 aromatic rings. The minimum Gasteiger partial charge on any atom is -0.448 e. The number of aromatic nitrogens is 2. The van der Waals surface area contributed by atoms with Crippen LogP contribution in [0, 0.1) is 6.92 Å². The van der Waals surface area contributed by atoms with Gasteiger partial charge >= 0.3 is 0 Å². The van der Waals surface area contributed by atoms with E-state index >= 15 is 0 Å². The van der Waals surface area contributed by atoms with Crippen molar-refractivity contribution in [3.05, 3.63) is 54.2 Å². The minimum absolute atomic E-state index is 0.931. The first-order valence-corrected chi connectivity index (χ1v) is 7.84. The van der Waals surface area contributed by atoms with Crippen LogP contribution in [-0.4, -0.2) is 4.57 Å². The zero-order valence-electron chi connectivity index (χ0n) is 13.4. The predicted molar refractivity (Wildman–Crippen MR) is 91.8 cm³/mol. The van der Waals surface area contributed by atoms with Gasteiger partial charge in [-0.15, -0.1) is 0 Å². The molecule has 0 bridgehead atoms. The fourth-order valence-electron chi connectivity index (χ4n) is 3.83. The molecule has 2 aromatic heterocycles. The summed E-state index contributed by atoms with van der Waals surface area (Å²) in [4.78, 5) is 0. The van der Waals surface area contributed by atoms with Gasteiger partial charge in [0.15, 0.2) is 11.5 Å². The highest BCUT2D eigenvalue weighted by molar-refractivity contribution is 6.04. The number of ether oxygens (including phenoxy) is 1. The number of nitrogens with zero attached hydrogens (tertiary/aromatic N) is 2. The van der Waals surface area contributed by atoms with E-state index in [9.17, 15) is 0 Å². The maximum atomic E-state index is 6.27. The maximum Gasteiger partial charge on any atom is 0.256 e. The topological polar surface area (TPSA) is 18.0 Å². The van der Waals surface area contributed by atoms with E-state index in [0.29, 0.717) is 0 Å². The van der Waals surface area contributed by atoms with Crippen LogP contribution in [0.5, 0.6) is 11.5 Å². The molecule has 1 aliphatic heterocycles. The van der Waals surface area contributed by atoms with Crippen LogP contribution in [-0.2, 0) is 14.1 Å². The molecular formula is C20H17N2O+.